The van der Waals surface area contributed by atoms with Crippen LogP contribution < -0.4 is 4.90 Å². The third-order valence-electron chi connectivity index (χ3n) is 3.14. The van der Waals surface area contributed by atoms with Crippen molar-refractivity contribution in [2.24, 2.45) is 0 Å². The van der Waals surface area contributed by atoms with Gasteiger partial charge < -0.3 is 4.90 Å². The molecule has 0 bridgehead atoms. The highest BCUT2D eigenvalue weighted by Gasteiger charge is 2.27. The fraction of sp³-hybridized carbons (Fsp3) is 1.00. The maximum Gasteiger partial charge on any atom is 0.211 e. The van der Waals surface area contributed by atoms with Gasteiger partial charge in [-0.1, -0.05) is 6.92 Å². The maximum atomic E-state index is 11.2. The molecule has 1 N–H and O–H groups in total. The molecular formula is C9H21N2O2S+. The van der Waals surface area contributed by atoms with E-state index in [0.717, 1.165) is 19.5 Å². The summed E-state index contributed by atoms with van der Waals surface area (Å²) in [5.74, 6) is 0. The van der Waals surface area contributed by atoms with E-state index in [0.29, 0.717) is 19.1 Å². The highest BCUT2D eigenvalue weighted by molar-refractivity contribution is 7.88. The second kappa shape index (κ2) is 4.59. The summed E-state index contributed by atoms with van der Waals surface area (Å²) in [5, 5.41) is 0. The Morgan fingerprint density at radius 1 is 1.36 bits per heavy atom. The first kappa shape index (κ1) is 11.9. The number of rotatable bonds is 3. The van der Waals surface area contributed by atoms with Gasteiger partial charge in [-0.15, -0.1) is 0 Å². The fourth-order valence-electron chi connectivity index (χ4n) is 1.89. The zero-order chi connectivity index (χ0) is 10.8. The first-order chi connectivity index (χ1) is 6.45. The Bertz CT molecular complexity index is 269. The van der Waals surface area contributed by atoms with E-state index in [9.17, 15) is 8.42 Å². The average molecular weight is 221 g/mol. The van der Waals surface area contributed by atoms with Gasteiger partial charge in [0.25, 0.3) is 0 Å². The van der Waals surface area contributed by atoms with Gasteiger partial charge in [-0.05, 0) is 13.3 Å². The first-order valence-corrected chi connectivity index (χ1v) is 7.09. The van der Waals surface area contributed by atoms with Crippen LogP contribution in [-0.2, 0) is 10.0 Å². The lowest BCUT2D eigenvalue weighted by Gasteiger charge is -2.33. The molecule has 0 radical (unpaired) electrons. The first-order valence-electron chi connectivity index (χ1n) is 5.25. The summed E-state index contributed by atoms with van der Waals surface area (Å²) in [6, 6.07) is 0.650. The minimum absolute atomic E-state index is 0.650. The quantitative estimate of drug-likeness (QED) is 0.660. The van der Waals surface area contributed by atoms with Crippen molar-refractivity contribution in [1.29, 1.82) is 0 Å². The lowest BCUT2D eigenvalue weighted by Crippen LogP contribution is -3.17. The van der Waals surface area contributed by atoms with E-state index in [4.69, 9.17) is 0 Å². The molecule has 5 heteroatoms. The van der Waals surface area contributed by atoms with E-state index in [1.807, 2.05) is 0 Å². The molecule has 1 saturated heterocycles. The SMILES string of the molecule is CC[C@H](C)[NH+]1CCN(S(C)(=O)=O)CC1. The van der Waals surface area contributed by atoms with E-state index in [1.54, 1.807) is 4.31 Å². The summed E-state index contributed by atoms with van der Waals surface area (Å²) in [7, 11) is -2.96. The number of hydrogen-bond donors (Lipinski definition) is 1. The Balaban J connectivity index is 2.47. The molecule has 1 fully saturated rings. The van der Waals surface area contributed by atoms with Crippen molar-refractivity contribution in [3.8, 4) is 0 Å². The number of sulfonamides is 1. The normalized spacial score (nSPS) is 23.6. The molecule has 0 unspecified atom stereocenters. The van der Waals surface area contributed by atoms with Gasteiger partial charge in [0.1, 0.15) is 0 Å². The van der Waals surface area contributed by atoms with Crippen LogP contribution >= 0.6 is 0 Å². The molecule has 1 atom stereocenters. The molecule has 4 nitrogen and oxygen atoms in total. The van der Waals surface area contributed by atoms with Crippen molar-refractivity contribution in [2.45, 2.75) is 26.3 Å². The number of nitrogens with one attached hydrogen (secondary N) is 1. The maximum absolute atomic E-state index is 11.2. The van der Waals surface area contributed by atoms with Gasteiger partial charge in [0, 0.05) is 0 Å². The van der Waals surface area contributed by atoms with Gasteiger partial charge in [-0.3, -0.25) is 0 Å². The van der Waals surface area contributed by atoms with Gasteiger partial charge in [0.15, 0.2) is 0 Å². The largest absolute Gasteiger partial charge is 0.331 e. The average Bonchev–Trinajstić information content (AvgIpc) is 2.15. The van der Waals surface area contributed by atoms with E-state index in [-0.39, 0.29) is 0 Å². The van der Waals surface area contributed by atoms with Crippen LogP contribution in [0.3, 0.4) is 0 Å². The van der Waals surface area contributed by atoms with Gasteiger partial charge >= 0.3 is 0 Å². The number of quaternary nitrogens is 1. The lowest BCUT2D eigenvalue weighted by atomic mass is 10.2. The molecule has 1 aliphatic rings. The zero-order valence-corrected chi connectivity index (χ0v) is 10.1. The summed E-state index contributed by atoms with van der Waals surface area (Å²) in [5.41, 5.74) is 0. The van der Waals surface area contributed by atoms with Crippen LogP contribution in [0.1, 0.15) is 20.3 Å². The molecule has 1 rings (SSSR count). The molecule has 0 spiro atoms. The second-order valence-electron chi connectivity index (χ2n) is 4.13. The number of piperazine rings is 1. The smallest absolute Gasteiger partial charge is 0.211 e. The highest BCUT2D eigenvalue weighted by atomic mass is 32.2. The predicted octanol–water partition coefficient (Wildman–Crippen LogP) is -1.05. The molecule has 14 heavy (non-hydrogen) atoms. The Labute approximate surface area is 86.9 Å². The van der Waals surface area contributed by atoms with Crippen LogP contribution in [0.4, 0.5) is 0 Å². The Hall–Kier alpha value is -0.130. The highest BCUT2D eigenvalue weighted by Crippen LogP contribution is 1.98. The summed E-state index contributed by atoms with van der Waals surface area (Å²) >= 11 is 0. The van der Waals surface area contributed by atoms with Crippen molar-refractivity contribution in [3.05, 3.63) is 0 Å². The van der Waals surface area contributed by atoms with Crippen LogP contribution in [0.25, 0.3) is 0 Å². The van der Waals surface area contributed by atoms with E-state index in [2.05, 4.69) is 13.8 Å². The number of nitrogens with zero attached hydrogens (tertiary/aromatic N) is 1. The third kappa shape index (κ3) is 2.93. The van der Waals surface area contributed by atoms with Gasteiger partial charge in [-0.2, -0.15) is 4.31 Å². The molecule has 0 amide bonds. The fourth-order valence-corrected chi connectivity index (χ4v) is 2.73. The Morgan fingerprint density at radius 3 is 2.21 bits per heavy atom. The van der Waals surface area contributed by atoms with E-state index in [1.165, 1.54) is 11.2 Å². The Morgan fingerprint density at radius 2 is 1.86 bits per heavy atom. The third-order valence-corrected chi connectivity index (χ3v) is 4.45. The molecule has 0 aromatic heterocycles. The summed E-state index contributed by atoms with van der Waals surface area (Å²) in [6.45, 7) is 7.66. The van der Waals surface area contributed by atoms with Crippen molar-refractivity contribution in [3.63, 3.8) is 0 Å². The molecule has 1 aliphatic heterocycles. The van der Waals surface area contributed by atoms with Crippen molar-refractivity contribution in [1.82, 2.24) is 4.31 Å². The number of hydrogen-bond acceptors (Lipinski definition) is 2. The van der Waals surface area contributed by atoms with Gasteiger partial charge in [-0.25, -0.2) is 8.42 Å². The van der Waals surface area contributed by atoms with Crippen molar-refractivity contribution < 1.29 is 13.3 Å². The molecule has 1 heterocycles. The van der Waals surface area contributed by atoms with Crippen LogP contribution in [0.15, 0.2) is 0 Å². The summed E-state index contributed by atoms with van der Waals surface area (Å²) < 4.78 is 24.1. The van der Waals surface area contributed by atoms with Crippen molar-refractivity contribution >= 4 is 10.0 Å². The van der Waals surface area contributed by atoms with Crippen molar-refractivity contribution in [2.75, 3.05) is 32.4 Å². The predicted molar refractivity (Wildman–Crippen MR) is 56.9 cm³/mol. The Kier molecular flexibility index (Phi) is 3.92. The molecular weight excluding hydrogens is 200 g/mol. The molecule has 0 aromatic carbocycles. The minimum atomic E-state index is -2.96. The molecule has 0 aliphatic carbocycles. The van der Waals surface area contributed by atoms with Gasteiger partial charge in [0.2, 0.25) is 10.0 Å². The molecule has 0 aromatic rings. The second-order valence-corrected chi connectivity index (χ2v) is 6.11. The standard InChI is InChI=1S/C9H20N2O2S/c1-4-9(2)10-5-7-11(8-6-10)14(3,12)13/h9H,4-8H2,1-3H3/p+1/t9-/m0/s1. The van der Waals surface area contributed by atoms with Crippen LogP contribution in [-0.4, -0.2) is 51.2 Å². The molecule has 0 saturated carbocycles. The van der Waals surface area contributed by atoms with E-state index < -0.39 is 10.0 Å². The monoisotopic (exact) mass is 221 g/mol. The lowest BCUT2D eigenvalue weighted by molar-refractivity contribution is -0.927. The zero-order valence-electron chi connectivity index (χ0n) is 9.28. The van der Waals surface area contributed by atoms with Crippen LogP contribution in [0, 0.1) is 0 Å². The van der Waals surface area contributed by atoms with E-state index >= 15 is 0 Å². The topological polar surface area (TPSA) is 41.8 Å². The van der Waals surface area contributed by atoms with Crippen LogP contribution in [0.2, 0.25) is 0 Å². The molecule has 84 valence electrons. The minimum Gasteiger partial charge on any atom is -0.331 e. The van der Waals surface area contributed by atoms with Crippen LogP contribution in [0.5, 0.6) is 0 Å². The summed E-state index contributed by atoms with van der Waals surface area (Å²) in [4.78, 5) is 1.53. The van der Waals surface area contributed by atoms with Gasteiger partial charge in [0.05, 0.1) is 38.5 Å². The summed E-state index contributed by atoms with van der Waals surface area (Å²) in [6.07, 6.45) is 2.45.